The molecular weight excluding hydrogens is 336 g/mol. The molecular formula is C19H24N2O3S. The molecule has 6 heteroatoms. The quantitative estimate of drug-likeness (QED) is 0.912. The van der Waals surface area contributed by atoms with E-state index in [4.69, 9.17) is 4.74 Å². The van der Waals surface area contributed by atoms with Crippen molar-refractivity contribution in [2.24, 2.45) is 0 Å². The zero-order chi connectivity index (χ0) is 17.3. The highest BCUT2D eigenvalue weighted by molar-refractivity contribution is 7.17. The van der Waals surface area contributed by atoms with Crippen LogP contribution in [0, 0.1) is 0 Å². The standard InChI is InChI=1S/C19H24N2O3S/c22-18(16-3-4-17-15(11-16)5-10-25-17)21-8-9-24-14-19(23,13-21)12-20-6-1-2-7-20/h3-5,10-11,23H,1-2,6-9,12-14H2/t19-/m1/s1. The fourth-order valence-electron chi connectivity index (χ4n) is 3.83. The molecule has 1 amide bonds. The summed E-state index contributed by atoms with van der Waals surface area (Å²) >= 11 is 1.67. The lowest BCUT2D eigenvalue weighted by atomic mass is 10.0. The van der Waals surface area contributed by atoms with Gasteiger partial charge in [-0.25, -0.2) is 0 Å². The summed E-state index contributed by atoms with van der Waals surface area (Å²) in [4.78, 5) is 17.0. The molecule has 1 aromatic heterocycles. The molecule has 5 nitrogen and oxygen atoms in total. The summed E-state index contributed by atoms with van der Waals surface area (Å²) in [6.45, 7) is 4.20. The van der Waals surface area contributed by atoms with Crippen molar-refractivity contribution < 1.29 is 14.6 Å². The van der Waals surface area contributed by atoms with Crippen molar-refractivity contribution in [1.82, 2.24) is 9.80 Å². The van der Waals surface area contributed by atoms with Crippen molar-refractivity contribution >= 4 is 27.3 Å². The summed E-state index contributed by atoms with van der Waals surface area (Å²) < 4.78 is 6.81. The SMILES string of the molecule is O=C(c1ccc2sccc2c1)N1CCOC[C@@](O)(CN2CCCC2)C1. The number of benzene rings is 1. The zero-order valence-corrected chi connectivity index (χ0v) is 15.1. The Hall–Kier alpha value is -1.47. The summed E-state index contributed by atoms with van der Waals surface area (Å²) in [5, 5.41) is 14.2. The number of carbonyl (C=O) groups is 1. The Morgan fingerprint density at radius 3 is 2.92 bits per heavy atom. The largest absolute Gasteiger partial charge is 0.384 e. The highest BCUT2D eigenvalue weighted by Gasteiger charge is 2.36. The van der Waals surface area contributed by atoms with E-state index in [1.165, 1.54) is 17.5 Å². The zero-order valence-electron chi connectivity index (χ0n) is 14.3. The Kier molecular flexibility index (Phi) is 4.78. The number of hydrogen-bond donors (Lipinski definition) is 1. The minimum absolute atomic E-state index is 0.0292. The van der Waals surface area contributed by atoms with Crippen LogP contribution in [0.2, 0.25) is 0 Å². The second-order valence-electron chi connectivity index (χ2n) is 7.16. The van der Waals surface area contributed by atoms with Gasteiger partial charge in [0.25, 0.3) is 5.91 Å². The van der Waals surface area contributed by atoms with Crippen molar-refractivity contribution in [2.75, 3.05) is 45.9 Å². The number of rotatable bonds is 3. The second kappa shape index (κ2) is 7.03. The highest BCUT2D eigenvalue weighted by atomic mass is 32.1. The van der Waals surface area contributed by atoms with E-state index >= 15 is 0 Å². The summed E-state index contributed by atoms with van der Waals surface area (Å²) in [5.74, 6) is -0.0292. The van der Waals surface area contributed by atoms with Crippen LogP contribution in [0.15, 0.2) is 29.6 Å². The Balaban J connectivity index is 1.52. The average Bonchev–Trinajstić information content (AvgIpc) is 3.23. The van der Waals surface area contributed by atoms with Gasteiger partial charge >= 0.3 is 0 Å². The Morgan fingerprint density at radius 1 is 1.24 bits per heavy atom. The van der Waals surface area contributed by atoms with E-state index < -0.39 is 5.60 Å². The minimum atomic E-state index is -0.997. The lowest BCUT2D eigenvalue weighted by Gasteiger charge is -2.34. The van der Waals surface area contributed by atoms with Gasteiger partial charge in [-0.15, -0.1) is 11.3 Å². The van der Waals surface area contributed by atoms with Gasteiger partial charge in [0.15, 0.2) is 0 Å². The molecule has 2 aromatic rings. The molecule has 1 N–H and O–H groups in total. The molecule has 0 radical (unpaired) electrons. The van der Waals surface area contributed by atoms with Crippen molar-refractivity contribution in [3.63, 3.8) is 0 Å². The van der Waals surface area contributed by atoms with Crippen LogP contribution in [0.5, 0.6) is 0 Å². The predicted molar refractivity (Wildman–Crippen MR) is 99.2 cm³/mol. The van der Waals surface area contributed by atoms with E-state index in [2.05, 4.69) is 4.90 Å². The summed E-state index contributed by atoms with van der Waals surface area (Å²) in [6.07, 6.45) is 2.36. The number of fused-ring (bicyclic) bond motifs is 1. The third-order valence-corrected chi connectivity index (χ3v) is 5.96. The molecule has 2 aliphatic rings. The first kappa shape index (κ1) is 17.0. The number of likely N-dealkylation sites (tertiary alicyclic amines) is 1. The molecule has 2 aliphatic heterocycles. The van der Waals surface area contributed by atoms with Gasteiger partial charge < -0.3 is 19.6 Å². The van der Waals surface area contributed by atoms with Gasteiger partial charge in [-0.05, 0) is 61.0 Å². The number of amides is 1. The predicted octanol–water partition coefficient (Wildman–Crippen LogP) is 2.20. The maximum atomic E-state index is 13.0. The van der Waals surface area contributed by atoms with Gasteiger partial charge in [0.1, 0.15) is 5.60 Å². The Morgan fingerprint density at radius 2 is 2.08 bits per heavy atom. The van der Waals surface area contributed by atoms with Crippen LogP contribution >= 0.6 is 11.3 Å². The van der Waals surface area contributed by atoms with E-state index in [1.807, 2.05) is 29.6 Å². The van der Waals surface area contributed by atoms with E-state index in [-0.39, 0.29) is 12.5 Å². The van der Waals surface area contributed by atoms with Crippen molar-refractivity contribution in [3.8, 4) is 0 Å². The highest BCUT2D eigenvalue weighted by Crippen LogP contribution is 2.24. The molecule has 1 aromatic carbocycles. The summed E-state index contributed by atoms with van der Waals surface area (Å²) in [5.41, 5.74) is -0.320. The molecule has 3 heterocycles. The molecule has 2 fully saturated rings. The fourth-order valence-corrected chi connectivity index (χ4v) is 4.60. The monoisotopic (exact) mass is 360 g/mol. The summed E-state index contributed by atoms with van der Waals surface area (Å²) in [7, 11) is 0. The number of nitrogens with zero attached hydrogens (tertiary/aromatic N) is 2. The van der Waals surface area contributed by atoms with Crippen LogP contribution in [0.1, 0.15) is 23.2 Å². The average molecular weight is 360 g/mol. The third-order valence-electron chi connectivity index (χ3n) is 5.06. The number of thiophene rings is 1. The lowest BCUT2D eigenvalue weighted by Crippen LogP contribution is -2.53. The number of β-amino-alcohol motifs (C(OH)–C–C–N with tert-alkyl or cyclic N) is 1. The van der Waals surface area contributed by atoms with Gasteiger partial charge in [0, 0.05) is 23.4 Å². The molecule has 0 unspecified atom stereocenters. The molecule has 1 atom stereocenters. The van der Waals surface area contributed by atoms with E-state index in [9.17, 15) is 9.90 Å². The second-order valence-corrected chi connectivity index (χ2v) is 8.11. The molecule has 134 valence electrons. The summed E-state index contributed by atoms with van der Waals surface area (Å²) in [6, 6.07) is 7.86. The Labute approximate surface area is 151 Å². The minimum Gasteiger partial charge on any atom is -0.384 e. The molecule has 0 aliphatic carbocycles. The number of carbonyl (C=O) groups excluding carboxylic acids is 1. The van der Waals surface area contributed by atoms with Gasteiger partial charge in [-0.3, -0.25) is 4.79 Å². The molecule has 0 saturated carbocycles. The number of aliphatic hydroxyl groups is 1. The first-order valence-corrected chi connectivity index (χ1v) is 9.80. The van der Waals surface area contributed by atoms with Gasteiger partial charge in [0.05, 0.1) is 19.8 Å². The van der Waals surface area contributed by atoms with Crippen LogP contribution in [0.4, 0.5) is 0 Å². The fraction of sp³-hybridized carbons (Fsp3) is 0.526. The smallest absolute Gasteiger partial charge is 0.254 e. The van der Waals surface area contributed by atoms with Crippen LogP contribution in [0.25, 0.3) is 10.1 Å². The van der Waals surface area contributed by atoms with E-state index in [1.54, 1.807) is 16.2 Å². The van der Waals surface area contributed by atoms with Crippen molar-refractivity contribution in [2.45, 2.75) is 18.4 Å². The van der Waals surface area contributed by atoms with Gasteiger partial charge in [0.2, 0.25) is 0 Å². The maximum Gasteiger partial charge on any atom is 0.254 e. The van der Waals surface area contributed by atoms with Gasteiger partial charge in [-0.2, -0.15) is 0 Å². The Bertz CT molecular complexity index is 756. The number of hydrogen-bond acceptors (Lipinski definition) is 5. The third kappa shape index (κ3) is 3.72. The molecule has 0 spiro atoms. The lowest BCUT2D eigenvalue weighted by molar-refractivity contribution is -0.0524. The van der Waals surface area contributed by atoms with Crippen LogP contribution < -0.4 is 0 Å². The van der Waals surface area contributed by atoms with E-state index in [0.29, 0.717) is 31.8 Å². The molecule has 4 rings (SSSR count). The topological polar surface area (TPSA) is 53.0 Å². The van der Waals surface area contributed by atoms with Crippen molar-refractivity contribution in [3.05, 3.63) is 35.2 Å². The van der Waals surface area contributed by atoms with Crippen LogP contribution in [-0.2, 0) is 4.74 Å². The van der Waals surface area contributed by atoms with Crippen LogP contribution in [0.3, 0.4) is 0 Å². The molecule has 25 heavy (non-hydrogen) atoms. The molecule has 0 bridgehead atoms. The van der Waals surface area contributed by atoms with Crippen LogP contribution in [-0.4, -0.2) is 72.4 Å². The normalized spacial score (nSPS) is 25.4. The maximum absolute atomic E-state index is 13.0. The molecule has 2 saturated heterocycles. The number of ether oxygens (including phenoxy) is 1. The van der Waals surface area contributed by atoms with E-state index in [0.717, 1.165) is 18.5 Å². The first-order valence-electron chi connectivity index (χ1n) is 8.92. The van der Waals surface area contributed by atoms with Gasteiger partial charge in [-0.1, -0.05) is 0 Å². The first-order chi connectivity index (χ1) is 12.1. The van der Waals surface area contributed by atoms with Crippen molar-refractivity contribution in [1.29, 1.82) is 0 Å².